The van der Waals surface area contributed by atoms with Gasteiger partial charge >= 0.3 is 5.97 Å². The SMILES string of the molecule is COc1ccc(CNC(=O)[C@H](C)OC(=O)/C=C/c2ccc(SC)cc2)cc1OC. The highest BCUT2D eigenvalue weighted by atomic mass is 32.2. The number of hydrogen-bond acceptors (Lipinski definition) is 6. The molecular weight excluding hydrogens is 390 g/mol. The monoisotopic (exact) mass is 415 g/mol. The Bertz CT molecular complexity index is 864. The van der Waals surface area contributed by atoms with Crippen molar-refractivity contribution in [3.8, 4) is 11.5 Å². The molecule has 0 radical (unpaired) electrons. The quantitative estimate of drug-likeness (QED) is 0.383. The van der Waals surface area contributed by atoms with E-state index in [0.717, 1.165) is 16.0 Å². The number of nitrogens with one attached hydrogen (secondary N) is 1. The second kappa shape index (κ2) is 11.2. The number of benzene rings is 2. The van der Waals surface area contributed by atoms with Crippen molar-refractivity contribution in [1.29, 1.82) is 0 Å². The first-order chi connectivity index (χ1) is 14.0. The van der Waals surface area contributed by atoms with Gasteiger partial charge in [-0.2, -0.15) is 0 Å². The predicted molar refractivity (Wildman–Crippen MR) is 114 cm³/mol. The maximum absolute atomic E-state index is 12.2. The lowest BCUT2D eigenvalue weighted by molar-refractivity contribution is -0.150. The van der Waals surface area contributed by atoms with Crippen molar-refractivity contribution in [3.05, 3.63) is 59.7 Å². The Hall–Kier alpha value is -2.93. The molecule has 0 saturated heterocycles. The molecule has 0 heterocycles. The van der Waals surface area contributed by atoms with Crippen LogP contribution in [-0.4, -0.2) is 38.5 Å². The molecule has 1 atom stereocenters. The minimum Gasteiger partial charge on any atom is -0.493 e. The number of ether oxygens (including phenoxy) is 3. The molecule has 2 aromatic rings. The molecule has 29 heavy (non-hydrogen) atoms. The highest BCUT2D eigenvalue weighted by Gasteiger charge is 2.16. The normalized spacial score (nSPS) is 11.7. The third-order valence-corrected chi connectivity index (χ3v) is 4.85. The summed E-state index contributed by atoms with van der Waals surface area (Å²) in [6, 6.07) is 13.1. The highest BCUT2D eigenvalue weighted by molar-refractivity contribution is 7.98. The number of hydrogen-bond donors (Lipinski definition) is 1. The predicted octanol–water partition coefficient (Wildman–Crippen LogP) is 3.69. The van der Waals surface area contributed by atoms with Gasteiger partial charge in [0.2, 0.25) is 0 Å². The van der Waals surface area contributed by atoms with Crippen LogP contribution in [0.4, 0.5) is 0 Å². The Morgan fingerprint density at radius 3 is 2.38 bits per heavy atom. The Balaban J connectivity index is 1.84. The van der Waals surface area contributed by atoms with Crippen molar-refractivity contribution in [2.45, 2.75) is 24.5 Å². The van der Waals surface area contributed by atoms with E-state index in [2.05, 4.69) is 5.32 Å². The standard InChI is InChI=1S/C22H25NO5S/c1-15(28-21(24)12-8-16-5-9-18(29-4)10-6-16)22(25)23-14-17-7-11-19(26-2)20(13-17)27-3/h5-13,15H,14H2,1-4H3,(H,23,25)/b12-8+/t15-/m0/s1. The lowest BCUT2D eigenvalue weighted by atomic mass is 10.2. The van der Waals surface area contributed by atoms with Crippen LogP contribution in [0.1, 0.15) is 18.1 Å². The summed E-state index contributed by atoms with van der Waals surface area (Å²) in [7, 11) is 3.11. The largest absolute Gasteiger partial charge is 0.493 e. The lowest BCUT2D eigenvalue weighted by Gasteiger charge is -2.13. The van der Waals surface area contributed by atoms with Crippen molar-refractivity contribution < 1.29 is 23.8 Å². The van der Waals surface area contributed by atoms with Gasteiger partial charge in [0, 0.05) is 17.5 Å². The Kier molecular flexibility index (Phi) is 8.61. The van der Waals surface area contributed by atoms with E-state index >= 15 is 0 Å². The molecule has 0 fully saturated rings. The third kappa shape index (κ3) is 6.87. The highest BCUT2D eigenvalue weighted by Crippen LogP contribution is 2.27. The van der Waals surface area contributed by atoms with E-state index in [4.69, 9.17) is 14.2 Å². The summed E-state index contributed by atoms with van der Waals surface area (Å²) in [6.45, 7) is 1.81. The van der Waals surface area contributed by atoms with Crippen LogP contribution < -0.4 is 14.8 Å². The molecule has 0 aromatic heterocycles. The number of rotatable bonds is 9. The molecule has 154 valence electrons. The van der Waals surface area contributed by atoms with Crippen LogP contribution in [-0.2, 0) is 20.9 Å². The second-order valence-corrected chi connectivity index (χ2v) is 6.97. The second-order valence-electron chi connectivity index (χ2n) is 6.09. The summed E-state index contributed by atoms with van der Waals surface area (Å²) in [6.07, 6.45) is 4.05. The van der Waals surface area contributed by atoms with E-state index in [9.17, 15) is 9.59 Å². The molecule has 0 unspecified atom stereocenters. The summed E-state index contributed by atoms with van der Waals surface area (Å²) in [5.74, 6) is 0.229. The average molecular weight is 416 g/mol. The zero-order valence-electron chi connectivity index (χ0n) is 16.9. The Morgan fingerprint density at radius 1 is 1.07 bits per heavy atom. The molecule has 7 heteroatoms. The minimum atomic E-state index is -0.911. The molecule has 6 nitrogen and oxygen atoms in total. The molecule has 1 amide bonds. The summed E-state index contributed by atoms with van der Waals surface area (Å²) < 4.78 is 15.6. The first kappa shape index (κ1) is 22.4. The zero-order chi connectivity index (χ0) is 21.2. The number of thioether (sulfide) groups is 1. The van der Waals surface area contributed by atoms with Gasteiger partial charge in [-0.05, 0) is 54.6 Å². The Labute approximate surface area is 175 Å². The van der Waals surface area contributed by atoms with Crippen LogP contribution in [0, 0.1) is 0 Å². The molecule has 0 saturated carbocycles. The molecule has 1 N–H and O–H groups in total. The van der Waals surface area contributed by atoms with E-state index in [0.29, 0.717) is 11.5 Å². The summed E-state index contributed by atoms with van der Waals surface area (Å²) in [5.41, 5.74) is 1.72. The van der Waals surface area contributed by atoms with Crippen LogP contribution in [0.15, 0.2) is 53.4 Å². The van der Waals surface area contributed by atoms with Gasteiger partial charge in [-0.25, -0.2) is 4.79 Å². The van der Waals surface area contributed by atoms with Gasteiger partial charge in [0.1, 0.15) is 0 Å². The van der Waals surface area contributed by atoms with Crippen molar-refractivity contribution in [3.63, 3.8) is 0 Å². The molecule has 2 rings (SSSR count). The van der Waals surface area contributed by atoms with Crippen molar-refractivity contribution >= 4 is 29.7 Å². The third-order valence-electron chi connectivity index (χ3n) is 4.10. The van der Waals surface area contributed by atoms with E-state index in [-0.39, 0.29) is 12.5 Å². The molecular formula is C22H25NO5S. The van der Waals surface area contributed by atoms with E-state index in [1.807, 2.05) is 36.6 Å². The Morgan fingerprint density at radius 2 is 1.76 bits per heavy atom. The average Bonchev–Trinajstić information content (AvgIpc) is 2.75. The van der Waals surface area contributed by atoms with Crippen molar-refractivity contribution in [1.82, 2.24) is 5.32 Å². The van der Waals surface area contributed by atoms with Crippen molar-refractivity contribution in [2.75, 3.05) is 20.5 Å². The van der Waals surface area contributed by atoms with Crippen LogP contribution in [0.3, 0.4) is 0 Å². The van der Waals surface area contributed by atoms with E-state index < -0.39 is 12.1 Å². The lowest BCUT2D eigenvalue weighted by Crippen LogP contribution is -2.35. The first-order valence-corrected chi connectivity index (χ1v) is 10.2. The fourth-order valence-electron chi connectivity index (χ4n) is 2.47. The summed E-state index contributed by atoms with van der Waals surface area (Å²) >= 11 is 1.65. The topological polar surface area (TPSA) is 73.9 Å². The molecule has 0 bridgehead atoms. The number of amides is 1. The smallest absolute Gasteiger partial charge is 0.331 e. The van der Waals surface area contributed by atoms with Crippen LogP contribution in [0.25, 0.3) is 6.08 Å². The van der Waals surface area contributed by atoms with Gasteiger partial charge < -0.3 is 19.5 Å². The van der Waals surface area contributed by atoms with Crippen LogP contribution in [0.2, 0.25) is 0 Å². The number of esters is 1. The molecule has 0 aliphatic rings. The van der Waals surface area contributed by atoms with E-state index in [1.165, 1.54) is 13.0 Å². The summed E-state index contributed by atoms with van der Waals surface area (Å²) in [5, 5.41) is 2.74. The van der Waals surface area contributed by atoms with Gasteiger partial charge in [0.15, 0.2) is 17.6 Å². The van der Waals surface area contributed by atoms with Gasteiger partial charge in [-0.1, -0.05) is 18.2 Å². The maximum atomic E-state index is 12.2. The first-order valence-electron chi connectivity index (χ1n) is 8.98. The number of carbonyl (C=O) groups excluding carboxylic acids is 2. The number of carbonyl (C=O) groups is 2. The molecule has 0 aliphatic carbocycles. The minimum absolute atomic E-state index is 0.276. The van der Waals surface area contributed by atoms with Gasteiger partial charge in [-0.3, -0.25) is 4.79 Å². The van der Waals surface area contributed by atoms with Gasteiger partial charge in [0.25, 0.3) is 5.91 Å². The number of methoxy groups -OCH3 is 2. The van der Waals surface area contributed by atoms with Crippen LogP contribution >= 0.6 is 11.8 Å². The van der Waals surface area contributed by atoms with Gasteiger partial charge in [-0.15, -0.1) is 11.8 Å². The molecule has 2 aromatic carbocycles. The van der Waals surface area contributed by atoms with E-state index in [1.54, 1.807) is 44.2 Å². The fourth-order valence-corrected chi connectivity index (χ4v) is 2.88. The zero-order valence-corrected chi connectivity index (χ0v) is 17.7. The van der Waals surface area contributed by atoms with Crippen LogP contribution in [0.5, 0.6) is 11.5 Å². The molecule has 0 aliphatic heterocycles. The molecule has 0 spiro atoms. The van der Waals surface area contributed by atoms with Crippen molar-refractivity contribution in [2.24, 2.45) is 0 Å². The maximum Gasteiger partial charge on any atom is 0.331 e. The fraction of sp³-hybridized carbons (Fsp3) is 0.273. The summed E-state index contributed by atoms with van der Waals surface area (Å²) in [4.78, 5) is 25.3. The van der Waals surface area contributed by atoms with Gasteiger partial charge in [0.05, 0.1) is 14.2 Å².